The third kappa shape index (κ3) is 2.11. The molecule has 0 saturated heterocycles. The van der Waals surface area contributed by atoms with Gasteiger partial charge in [0.2, 0.25) is 0 Å². The van der Waals surface area contributed by atoms with Crippen LogP contribution in [-0.4, -0.2) is 9.38 Å². The molecule has 3 heterocycles. The van der Waals surface area contributed by atoms with Crippen LogP contribution in [0.5, 0.6) is 0 Å². The van der Waals surface area contributed by atoms with E-state index in [1.807, 2.05) is 54.9 Å². The smallest absolute Gasteiger partial charge is 0.181 e. The molecule has 0 spiro atoms. The molecule has 0 unspecified atom stereocenters. The Bertz CT molecular complexity index is 628. The largest absolute Gasteiger partial charge is 0.443 e. The predicted octanol–water partition coefficient (Wildman–Crippen LogP) is 3.77. The van der Waals surface area contributed by atoms with Crippen molar-refractivity contribution in [3.05, 3.63) is 73.4 Å². The molecule has 0 aliphatic rings. The van der Waals surface area contributed by atoms with E-state index >= 15 is 0 Å². The van der Waals surface area contributed by atoms with Crippen molar-refractivity contribution < 1.29 is 4.42 Å². The average Bonchev–Trinajstić information content (AvgIpc) is 3.08. The Hall–Kier alpha value is -2.55. The summed E-state index contributed by atoms with van der Waals surface area (Å²) >= 11 is 0. The van der Waals surface area contributed by atoms with Gasteiger partial charge in [-0.2, -0.15) is 0 Å². The maximum Gasteiger partial charge on any atom is 0.181 e. The molecule has 4 aromatic rings. The number of oxazole rings is 1. The molecule has 18 heavy (non-hydrogen) atoms. The summed E-state index contributed by atoms with van der Waals surface area (Å²) in [5.41, 5.74) is 3.01. The zero-order valence-electron chi connectivity index (χ0n) is 9.73. The molecule has 88 valence electrons. The molecular weight excluding hydrogens is 224 g/mol. The fraction of sp³-hybridized carbons (Fsp3) is 0. The summed E-state index contributed by atoms with van der Waals surface area (Å²) in [4.78, 5) is 3.95. The van der Waals surface area contributed by atoms with Crippen LogP contribution in [0.4, 0.5) is 0 Å². The first-order valence-electron chi connectivity index (χ1n) is 5.73. The van der Waals surface area contributed by atoms with Crippen molar-refractivity contribution >= 4 is 16.6 Å². The van der Waals surface area contributed by atoms with Gasteiger partial charge < -0.3 is 8.82 Å². The average molecular weight is 236 g/mol. The van der Waals surface area contributed by atoms with E-state index in [9.17, 15) is 0 Å². The summed E-state index contributed by atoms with van der Waals surface area (Å²) < 4.78 is 7.09. The number of nitrogens with zero attached hydrogens (tertiary/aromatic N) is 2. The van der Waals surface area contributed by atoms with Crippen LogP contribution in [0.2, 0.25) is 0 Å². The van der Waals surface area contributed by atoms with E-state index in [1.165, 1.54) is 11.9 Å². The van der Waals surface area contributed by atoms with Gasteiger partial charge in [0, 0.05) is 17.9 Å². The molecule has 3 aromatic heterocycles. The molecule has 3 nitrogen and oxygen atoms in total. The topological polar surface area (TPSA) is 30.4 Å². The van der Waals surface area contributed by atoms with Gasteiger partial charge in [0.05, 0.1) is 0 Å². The molecule has 0 bridgehead atoms. The van der Waals surface area contributed by atoms with Crippen LogP contribution >= 0.6 is 0 Å². The van der Waals surface area contributed by atoms with Crippen molar-refractivity contribution in [3.8, 4) is 0 Å². The highest BCUT2D eigenvalue weighted by Gasteiger charge is 1.91. The standard InChI is InChI=1S/C8H7N.C7H5NO/c1-2-6-9-7-3-5-8(9)4-1;1-2-4-7-6(3-1)8-5-9-7/h1-7H;1-5H. The number of aromatic nitrogens is 2. The monoisotopic (exact) mass is 236 g/mol. The van der Waals surface area contributed by atoms with Gasteiger partial charge in [-0.05, 0) is 36.4 Å². The number of benzene rings is 1. The van der Waals surface area contributed by atoms with Crippen LogP contribution in [0.3, 0.4) is 0 Å². The van der Waals surface area contributed by atoms with Crippen LogP contribution in [0.15, 0.2) is 77.8 Å². The Kier molecular flexibility index (Phi) is 2.80. The van der Waals surface area contributed by atoms with Gasteiger partial charge >= 0.3 is 0 Å². The summed E-state index contributed by atoms with van der Waals surface area (Å²) in [5.74, 6) is 0. The number of hydrogen-bond donors (Lipinski definition) is 0. The second kappa shape index (κ2) is 4.75. The maximum atomic E-state index is 5.01. The SMILES string of the molecule is c1ccc2ocnc2c1.c1ccn2cccc2c1. The van der Waals surface area contributed by atoms with Gasteiger partial charge in [-0.1, -0.05) is 18.2 Å². The van der Waals surface area contributed by atoms with Crippen LogP contribution in [0.25, 0.3) is 16.6 Å². The second-order valence-electron chi connectivity index (χ2n) is 3.86. The number of hydrogen-bond acceptors (Lipinski definition) is 2. The first-order valence-corrected chi connectivity index (χ1v) is 5.73. The van der Waals surface area contributed by atoms with Gasteiger partial charge in [-0.25, -0.2) is 4.98 Å². The van der Waals surface area contributed by atoms with E-state index in [-0.39, 0.29) is 0 Å². The van der Waals surface area contributed by atoms with Gasteiger partial charge in [0.1, 0.15) is 5.52 Å². The lowest BCUT2D eigenvalue weighted by molar-refractivity contribution is 0.602. The minimum atomic E-state index is 0.845. The molecule has 0 aliphatic carbocycles. The van der Waals surface area contributed by atoms with Crippen molar-refractivity contribution in [1.29, 1.82) is 0 Å². The Balaban J connectivity index is 0.000000111. The van der Waals surface area contributed by atoms with E-state index in [0.29, 0.717) is 0 Å². The lowest BCUT2D eigenvalue weighted by Gasteiger charge is -1.88. The molecule has 0 amide bonds. The number of fused-ring (bicyclic) bond motifs is 2. The Morgan fingerprint density at radius 3 is 2.50 bits per heavy atom. The van der Waals surface area contributed by atoms with Crippen molar-refractivity contribution in [1.82, 2.24) is 9.38 Å². The molecule has 0 atom stereocenters. The van der Waals surface area contributed by atoms with Crippen molar-refractivity contribution in [2.75, 3.05) is 0 Å². The van der Waals surface area contributed by atoms with Crippen LogP contribution < -0.4 is 0 Å². The van der Waals surface area contributed by atoms with Crippen LogP contribution in [-0.2, 0) is 0 Å². The van der Waals surface area contributed by atoms with Crippen LogP contribution in [0.1, 0.15) is 0 Å². The van der Waals surface area contributed by atoms with E-state index in [1.54, 1.807) is 0 Å². The predicted molar refractivity (Wildman–Crippen MR) is 71.4 cm³/mol. The third-order valence-corrected chi connectivity index (χ3v) is 2.67. The highest BCUT2D eigenvalue weighted by Crippen LogP contribution is 2.09. The minimum Gasteiger partial charge on any atom is -0.443 e. The van der Waals surface area contributed by atoms with Crippen molar-refractivity contribution in [2.24, 2.45) is 0 Å². The summed E-state index contributed by atoms with van der Waals surface area (Å²) in [6.07, 6.45) is 5.52. The Labute approximate surface area is 104 Å². The first-order chi connectivity index (χ1) is 8.93. The van der Waals surface area contributed by atoms with Crippen molar-refractivity contribution in [2.45, 2.75) is 0 Å². The fourth-order valence-electron chi connectivity index (χ4n) is 1.78. The molecular formula is C15H12N2O. The summed E-state index contributed by atoms with van der Waals surface area (Å²) in [7, 11) is 0. The third-order valence-electron chi connectivity index (χ3n) is 2.67. The van der Waals surface area contributed by atoms with Gasteiger partial charge in [0.15, 0.2) is 12.0 Å². The summed E-state index contributed by atoms with van der Waals surface area (Å²) in [6.45, 7) is 0. The lowest BCUT2D eigenvalue weighted by Crippen LogP contribution is -1.75. The summed E-state index contributed by atoms with van der Waals surface area (Å²) in [6, 6.07) is 17.9. The Morgan fingerprint density at radius 1 is 0.833 bits per heavy atom. The first kappa shape index (κ1) is 10.6. The second-order valence-corrected chi connectivity index (χ2v) is 3.86. The zero-order valence-corrected chi connectivity index (χ0v) is 9.73. The highest BCUT2D eigenvalue weighted by atomic mass is 16.3. The number of rotatable bonds is 0. The zero-order chi connectivity index (χ0) is 12.2. The quantitative estimate of drug-likeness (QED) is 0.465. The van der Waals surface area contributed by atoms with E-state index < -0.39 is 0 Å². The summed E-state index contributed by atoms with van der Waals surface area (Å²) in [5, 5.41) is 0. The number of para-hydroxylation sites is 2. The van der Waals surface area contributed by atoms with Gasteiger partial charge in [-0.3, -0.25) is 0 Å². The molecule has 3 heteroatoms. The fourth-order valence-corrected chi connectivity index (χ4v) is 1.78. The normalized spacial score (nSPS) is 10.2. The molecule has 0 aliphatic heterocycles. The molecule has 0 radical (unpaired) electrons. The highest BCUT2D eigenvalue weighted by molar-refractivity contribution is 5.71. The lowest BCUT2D eigenvalue weighted by atomic mass is 10.3. The minimum absolute atomic E-state index is 0.845. The Morgan fingerprint density at radius 2 is 1.61 bits per heavy atom. The van der Waals surface area contributed by atoms with E-state index in [0.717, 1.165) is 11.1 Å². The molecule has 0 fully saturated rings. The molecule has 4 rings (SSSR count). The van der Waals surface area contributed by atoms with Crippen LogP contribution in [0, 0.1) is 0 Å². The molecule has 0 N–H and O–H groups in total. The van der Waals surface area contributed by atoms with Gasteiger partial charge in [-0.15, -0.1) is 0 Å². The molecule has 0 saturated carbocycles. The van der Waals surface area contributed by atoms with Crippen molar-refractivity contribution in [3.63, 3.8) is 0 Å². The molecule has 1 aromatic carbocycles. The van der Waals surface area contributed by atoms with Gasteiger partial charge in [0.25, 0.3) is 0 Å². The number of pyridine rings is 1. The van der Waals surface area contributed by atoms with E-state index in [2.05, 4.69) is 21.5 Å². The maximum absolute atomic E-state index is 5.01. The van der Waals surface area contributed by atoms with E-state index in [4.69, 9.17) is 4.42 Å².